The molecule has 0 aromatic rings. The van der Waals surface area contributed by atoms with E-state index in [4.69, 9.17) is 0 Å². The van der Waals surface area contributed by atoms with Crippen molar-refractivity contribution < 1.29 is 45.9 Å². The number of nitrogens with two attached hydrogens (primary N) is 2. The summed E-state index contributed by atoms with van der Waals surface area (Å²) < 4.78 is 0. The number of nitrogens with zero attached hydrogens (tertiary/aromatic N) is 1. The van der Waals surface area contributed by atoms with Gasteiger partial charge in [0.05, 0.1) is 0 Å². The summed E-state index contributed by atoms with van der Waals surface area (Å²) in [6, 6.07) is 0. The van der Waals surface area contributed by atoms with Crippen LogP contribution in [0, 0.1) is 0 Å². The first-order chi connectivity index (χ1) is 3.00. The third-order valence-electron chi connectivity index (χ3n) is 1.13. The van der Waals surface area contributed by atoms with Crippen LogP contribution >= 0.6 is 0 Å². The maximum atomic E-state index is 4.18. The first kappa shape index (κ1) is 29.5. The van der Waals surface area contributed by atoms with Gasteiger partial charge in [-0.05, 0) is 0 Å². The third kappa shape index (κ3) is 18.3. The Bertz CT molecular complexity index is 35.2. The van der Waals surface area contributed by atoms with E-state index in [1.807, 2.05) is 0 Å². The Labute approximate surface area is 95.7 Å². The van der Waals surface area contributed by atoms with Gasteiger partial charge in [-0.15, -0.1) is 13.1 Å². The predicted octanol–water partition coefficient (Wildman–Crippen LogP) is -3.02. The molecule has 6 heteroatoms. The molecule has 0 aliphatic carbocycles. The van der Waals surface area contributed by atoms with E-state index >= 15 is 0 Å². The Morgan fingerprint density at radius 1 is 0.727 bits per heavy atom. The number of hydrogen-bond acceptors (Lipinski definition) is 0. The monoisotopic (exact) mass is 381 g/mol. The van der Waals surface area contributed by atoms with Gasteiger partial charge in [0.2, 0.25) is 0 Å². The van der Waals surface area contributed by atoms with Crippen molar-refractivity contribution in [3.05, 3.63) is 17.6 Å². The number of halogens is 2. The van der Waals surface area contributed by atoms with Crippen LogP contribution in [0.2, 0.25) is 0 Å². The summed E-state index contributed by atoms with van der Waals surface area (Å²) >= 11 is 0. The predicted molar refractivity (Wildman–Crippen MR) is 37.5 cm³/mol. The molecule has 0 spiro atoms. The van der Waals surface area contributed by atoms with E-state index in [1.54, 1.807) is 0 Å². The second kappa shape index (κ2) is 22.5. The number of rotatable bonds is 0. The van der Waals surface area contributed by atoms with Crippen LogP contribution in [0.25, 0.3) is 17.6 Å². The fourth-order valence-electron chi connectivity index (χ4n) is 0.736. The zero-order valence-electron chi connectivity index (χ0n) is 6.21. The molecule has 1 rings (SSSR count). The van der Waals surface area contributed by atoms with E-state index in [2.05, 4.69) is 5.32 Å². The molecular formula is C5H14Cl2N3Pt-5. The van der Waals surface area contributed by atoms with Gasteiger partial charge in [0, 0.05) is 21.1 Å². The molecule has 0 unspecified atom stereocenters. The van der Waals surface area contributed by atoms with Crippen LogP contribution in [0.5, 0.6) is 0 Å². The summed E-state index contributed by atoms with van der Waals surface area (Å²) in [4.78, 5) is 0. The van der Waals surface area contributed by atoms with Gasteiger partial charge in [-0.2, -0.15) is 0 Å². The van der Waals surface area contributed by atoms with Gasteiger partial charge in [0.25, 0.3) is 0 Å². The summed E-state index contributed by atoms with van der Waals surface area (Å²) in [5.41, 5.74) is 0. The topological polar surface area (TPSA) is 81.1 Å². The zero-order valence-corrected chi connectivity index (χ0v) is 9.99. The van der Waals surface area contributed by atoms with Crippen LogP contribution in [0.15, 0.2) is 0 Å². The summed E-state index contributed by atoms with van der Waals surface area (Å²) in [5, 5.41) is 4.18. The molecule has 0 amide bonds. The molecule has 0 radical (unpaired) electrons. The first-order valence-electron chi connectivity index (χ1n) is 2.63. The van der Waals surface area contributed by atoms with Crippen molar-refractivity contribution in [3.8, 4) is 0 Å². The summed E-state index contributed by atoms with van der Waals surface area (Å²) in [5.74, 6) is 0. The van der Waals surface area contributed by atoms with Crippen LogP contribution in [0.3, 0.4) is 0 Å². The first-order valence-corrected chi connectivity index (χ1v) is 2.63. The van der Waals surface area contributed by atoms with Crippen LogP contribution in [-0.2, 0) is 21.1 Å². The van der Waals surface area contributed by atoms with Gasteiger partial charge in [-0.1, -0.05) is 19.3 Å². The van der Waals surface area contributed by atoms with Gasteiger partial charge < -0.3 is 42.4 Å². The molecule has 1 aliphatic rings. The minimum atomic E-state index is 0. The molecule has 1 fully saturated rings. The van der Waals surface area contributed by atoms with E-state index in [-0.39, 0.29) is 58.2 Å². The molecule has 0 aromatic heterocycles. The SMILES string of the molecule is C1CC[N-]CC1.[Cl-].[Cl-].[NH2-].[NH2-].[Pt]. The summed E-state index contributed by atoms with van der Waals surface area (Å²) in [6.07, 6.45) is 4.07. The van der Waals surface area contributed by atoms with Gasteiger partial charge in [0.1, 0.15) is 0 Å². The average Bonchev–Trinajstić information content (AvgIpc) is 1.72. The molecule has 0 aromatic carbocycles. The van der Waals surface area contributed by atoms with Crippen LogP contribution < -0.4 is 24.8 Å². The second-order valence-corrected chi connectivity index (χ2v) is 1.73. The molecule has 1 saturated heterocycles. The van der Waals surface area contributed by atoms with E-state index in [0.717, 1.165) is 13.1 Å². The normalized spacial score (nSPS) is 13.1. The molecular weight excluding hydrogens is 368 g/mol. The zero-order chi connectivity index (χ0) is 4.24. The van der Waals surface area contributed by atoms with Crippen molar-refractivity contribution in [1.29, 1.82) is 0 Å². The maximum absolute atomic E-state index is 4.18. The van der Waals surface area contributed by atoms with Crippen molar-refractivity contribution in [1.82, 2.24) is 0 Å². The average molecular weight is 382 g/mol. The second-order valence-electron chi connectivity index (χ2n) is 1.73. The minimum absolute atomic E-state index is 0. The number of hydrogen-bond donors (Lipinski definition) is 0. The largest absolute Gasteiger partial charge is 1.00 e. The Kier molecular flexibility index (Phi) is 60.4. The Balaban J connectivity index is -0.0000000240. The van der Waals surface area contributed by atoms with Crippen molar-refractivity contribution in [2.75, 3.05) is 13.1 Å². The van der Waals surface area contributed by atoms with Crippen molar-refractivity contribution in [2.24, 2.45) is 0 Å². The van der Waals surface area contributed by atoms with Gasteiger partial charge in [-0.25, -0.2) is 0 Å². The fraction of sp³-hybridized carbons (Fsp3) is 1.00. The molecule has 11 heavy (non-hydrogen) atoms. The molecule has 1 aliphatic heterocycles. The van der Waals surface area contributed by atoms with E-state index in [9.17, 15) is 0 Å². The molecule has 0 saturated carbocycles. The smallest absolute Gasteiger partial charge is 0 e. The standard InChI is InChI=1S/C5H10N.2ClH.2H2N.Pt/c1-2-4-6-5-3-1;;;;;/h1-5H2;2*1H;2*1H2;/q-1;;;2*-1;/p-2. The van der Waals surface area contributed by atoms with Crippen molar-refractivity contribution >= 4 is 0 Å². The summed E-state index contributed by atoms with van der Waals surface area (Å²) in [7, 11) is 0. The Hall–Kier alpha value is 1.15. The van der Waals surface area contributed by atoms with Gasteiger partial charge in [-0.3, -0.25) is 0 Å². The van der Waals surface area contributed by atoms with Gasteiger partial charge >= 0.3 is 0 Å². The maximum Gasteiger partial charge on any atom is 0 e. The molecule has 1 heterocycles. The van der Waals surface area contributed by atoms with Crippen LogP contribution in [0.4, 0.5) is 0 Å². The Morgan fingerprint density at radius 3 is 1.18 bits per heavy atom. The van der Waals surface area contributed by atoms with Crippen molar-refractivity contribution in [3.63, 3.8) is 0 Å². The van der Waals surface area contributed by atoms with Crippen LogP contribution in [0.1, 0.15) is 19.3 Å². The molecule has 3 nitrogen and oxygen atoms in total. The number of piperidine rings is 1. The molecule has 78 valence electrons. The third-order valence-corrected chi connectivity index (χ3v) is 1.13. The van der Waals surface area contributed by atoms with Crippen molar-refractivity contribution in [2.45, 2.75) is 19.3 Å². The van der Waals surface area contributed by atoms with E-state index < -0.39 is 0 Å². The summed E-state index contributed by atoms with van der Waals surface area (Å²) in [6.45, 7) is 2.25. The molecule has 0 bridgehead atoms. The quantitative estimate of drug-likeness (QED) is 0.428. The van der Waals surface area contributed by atoms with E-state index in [1.165, 1.54) is 19.3 Å². The van der Waals surface area contributed by atoms with Gasteiger partial charge in [0.15, 0.2) is 0 Å². The van der Waals surface area contributed by atoms with E-state index in [0.29, 0.717) is 0 Å². The molecule has 4 N–H and O–H groups in total. The minimum Gasteiger partial charge on any atom is -1.00 e. The fourth-order valence-corrected chi connectivity index (χ4v) is 0.736. The Morgan fingerprint density at radius 2 is 1.09 bits per heavy atom. The molecule has 0 atom stereocenters. The van der Waals surface area contributed by atoms with Crippen LogP contribution in [-0.4, -0.2) is 13.1 Å².